The number of aliphatic hydroxyl groups excluding tert-OH is 3. The molecule has 0 bridgehead atoms. The highest BCUT2D eigenvalue weighted by molar-refractivity contribution is 5.91. The normalized spacial score (nSPS) is 33.0. The van der Waals surface area contributed by atoms with E-state index < -0.39 is 66.8 Å². The highest BCUT2D eigenvalue weighted by Crippen LogP contribution is 2.35. The Balaban J connectivity index is 1.27. The second-order valence-electron chi connectivity index (χ2n) is 19.7. The summed E-state index contributed by atoms with van der Waals surface area (Å²) < 4.78 is 21.0. The minimum Gasteiger partial charge on any atom is -0.462 e. The lowest BCUT2D eigenvalue weighted by atomic mass is 9.79. The average Bonchev–Trinajstić information content (AvgIpc) is 3.75. The van der Waals surface area contributed by atoms with Crippen molar-refractivity contribution in [3.8, 4) is 5.69 Å². The molecule has 0 saturated carbocycles. The third-order valence-corrected chi connectivity index (χ3v) is 14.1. The average molecular weight is 916 g/mol. The number of pyridine rings is 1. The van der Waals surface area contributed by atoms with Crippen LogP contribution >= 0.6 is 0 Å². The maximum absolute atomic E-state index is 14.1. The van der Waals surface area contributed by atoms with E-state index in [1.54, 1.807) is 42.9 Å². The van der Waals surface area contributed by atoms with Crippen molar-refractivity contribution in [2.75, 3.05) is 47.3 Å². The summed E-state index contributed by atoms with van der Waals surface area (Å²) in [6.07, 6.45) is 10.1. The topological polar surface area (TPSA) is 176 Å². The fraction of sp³-hybridized carbons (Fsp3) is 0.667. The first kappa shape index (κ1) is 51.5. The maximum atomic E-state index is 14.1. The molecular weight excluding hydrogens is 839 g/mol. The number of likely N-dealkylation sites (tertiary alicyclic amines) is 1. The molecule has 2 fully saturated rings. The van der Waals surface area contributed by atoms with Crippen molar-refractivity contribution in [2.45, 2.75) is 148 Å². The number of rotatable bonds is 12. The second kappa shape index (κ2) is 24.4. The van der Waals surface area contributed by atoms with Gasteiger partial charge in [-0.1, -0.05) is 81.2 Å². The summed E-state index contributed by atoms with van der Waals surface area (Å²) in [5, 5.41) is 44.7. The van der Waals surface area contributed by atoms with Crippen LogP contribution in [0.2, 0.25) is 0 Å². The number of para-hydroxylation sites is 1. The van der Waals surface area contributed by atoms with Gasteiger partial charge in [0.1, 0.15) is 12.2 Å². The van der Waals surface area contributed by atoms with Gasteiger partial charge in [-0.25, -0.2) is 4.68 Å². The van der Waals surface area contributed by atoms with E-state index in [4.69, 9.17) is 14.2 Å². The van der Waals surface area contributed by atoms with E-state index >= 15 is 0 Å². The zero-order chi connectivity index (χ0) is 47.5. The summed E-state index contributed by atoms with van der Waals surface area (Å²) in [7, 11) is 5.56. The lowest BCUT2D eigenvalue weighted by Crippen LogP contribution is -2.63. The number of nitrogens with zero attached hydrogens (tertiary/aromatic N) is 7. The monoisotopic (exact) mass is 916 g/mol. The van der Waals surface area contributed by atoms with Crippen molar-refractivity contribution >= 4 is 22.7 Å². The Morgan fingerprint density at radius 3 is 2.41 bits per heavy atom. The number of ketones is 1. The van der Waals surface area contributed by atoms with Crippen LogP contribution in [0.25, 0.3) is 16.6 Å². The Morgan fingerprint density at radius 2 is 1.68 bits per heavy atom. The van der Waals surface area contributed by atoms with Gasteiger partial charge in [-0.2, -0.15) is 0 Å². The fourth-order valence-electron chi connectivity index (χ4n) is 10.1. The van der Waals surface area contributed by atoms with Crippen LogP contribution in [0, 0.1) is 23.7 Å². The van der Waals surface area contributed by atoms with E-state index in [0.717, 1.165) is 60.3 Å². The largest absolute Gasteiger partial charge is 0.462 e. The van der Waals surface area contributed by atoms with Crippen molar-refractivity contribution < 1.29 is 39.1 Å². The van der Waals surface area contributed by atoms with Crippen molar-refractivity contribution in [3.63, 3.8) is 0 Å². The van der Waals surface area contributed by atoms with Crippen molar-refractivity contribution in [1.29, 1.82) is 0 Å². The molecule has 1 aromatic carbocycles. The number of benzene rings is 1. The summed E-state index contributed by atoms with van der Waals surface area (Å²) in [5.74, 6) is -2.08. The number of cyclic esters (lactones) is 1. The van der Waals surface area contributed by atoms with Crippen LogP contribution in [0.4, 0.5) is 0 Å². The van der Waals surface area contributed by atoms with Crippen molar-refractivity contribution in [3.05, 3.63) is 72.2 Å². The molecule has 0 spiro atoms. The number of likely N-dealkylation sites (N-methyl/N-ethyl adjacent to an activating group) is 1. The number of hydrogen-bond acceptors (Lipinski definition) is 14. The lowest BCUT2D eigenvalue weighted by Gasteiger charge is -2.46. The summed E-state index contributed by atoms with van der Waals surface area (Å²) >= 11 is 0. The molecule has 3 N–H and O–H groups in total. The van der Waals surface area contributed by atoms with E-state index in [0.29, 0.717) is 32.4 Å². The highest BCUT2D eigenvalue weighted by Gasteiger charge is 2.47. The van der Waals surface area contributed by atoms with Crippen molar-refractivity contribution in [1.82, 2.24) is 34.7 Å². The highest BCUT2D eigenvalue weighted by atomic mass is 16.7. The molecule has 0 unspecified atom stereocenters. The third kappa shape index (κ3) is 13.8. The number of carbonyl (C=O) groups is 2. The summed E-state index contributed by atoms with van der Waals surface area (Å²) in [6, 6.07) is 9.25. The molecule has 364 valence electrons. The predicted octanol–water partition coefficient (Wildman–Crippen LogP) is 5.74. The molecule has 6 rings (SSSR count). The van der Waals surface area contributed by atoms with Gasteiger partial charge in [-0.3, -0.25) is 14.6 Å². The summed E-state index contributed by atoms with van der Waals surface area (Å²) in [6.45, 7) is 13.3. The zero-order valence-corrected chi connectivity index (χ0v) is 40.6. The van der Waals surface area contributed by atoms with Gasteiger partial charge in [-0.15, -0.1) is 5.10 Å². The van der Waals surface area contributed by atoms with Crippen LogP contribution in [0.15, 0.2) is 66.5 Å². The first-order chi connectivity index (χ1) is 31.6. The molecule has 5 heterocycles. The summed E-state index contributed by atoms with van der Waals surface area (Å²) in [5.41, 5.74) is 3.38. The van der Waals surface area contributed by atoms with E-state index in [1.165, 1.54) is 19.3 Å². The Morgan fingerprint density at radius 1 is 0.955 bits per heavy atom. The number of allylic oxidation sites excluding steroid dienone is 3. The first-order valence-corrected chi connectivity index (χ1v) is 24.4. The molecule has 66 heavy (non-hydrogen) atoms. The SMILES string of the molecule is CC[C@H]1OC(=O)C[C@@H](O)[C@H](C)[C@@H](O[C@@H]2O[C@H](C)[C@@H](O)[C@H](N(C)C)[C@H]2O)[C@@H](CCN(C)Cc2cn(-c3cnc4ccccc4c3)nn2)C[C@@H](C)C(=O)/C=C/C(C)=C/[C@@H]1CN1CCCCCCC1. The first-order valence-electron chi connectivity index (χ1n) is 24.4. The third-order valence-electron chi connectivity index (χ3n) is 14.1. The van der Waals surface area contributed by atoms with Crippen molar-refractivity contribution in [2.24, 2.45) is 23.7 Å². The number of esters is 1. The van der Waals surface area contributed by atoms with Gasteiger partial charge >= 0.3 is 5.97 Å². The van der Waals surface area contributed by atoms with Crippen LogP contribution in [0.5, 0.6) is 0 Å². The van der Waals surface area contributed by atoms with Crippen LogP contribution in [0.1, 0.15) is 98.1 Å². The predicted molar refractivity (Wildman–Crippen MR) is 254 cm³/mol. The molecule has 12 atom stereocenters. The molecule has 3 aromatic rings. The quantitative estimate of drug-likeness (QED) is 0.188. The number of aliphatic hydroxyl groups is 3. The number of hydrogen-bond donors (Lipinski definition) is 3. The molecule has 2 saturated heterocycles. The number of fused-ring (bicyclic) bond motifs is 1. The standard InChI is InChI=1S/C51H77N7O8/c1-9-45-39(30-57-22-15-11-10-12-16-23-57)25-33(2)19-20-43(59)34(3)26-38(21-24-56(8)31-40-32-58(54-53-40)41-27-37-17-13-14-18-42(37)52-29-41)50(35(4)44(60)28-46(61)65-45)66-51-49(63)47(55(6)7)48(62)36(5)64-51/h13-14,17-20,25,27,29,32,34-36,38-39,44-45,47-51,60,62-63H,9-12,15-16,21-24,26,28,30-31H2,1-8H3/b20-19+,33-25+/t34-,35+,36-,38+,39-,44-,45-,47+,48-,49-,50-,51+/m1/s1. The molecule has 0 amide bonds. The molecule has 3 aliphatic rings. The van der Waals surface area contributed by atoms with E-state index in [2.05, 4.69) is 31.2 Å². The molecule has 0 radical (unpaired) electrons. The second-order valence-corrected chi connectivity index (χ2v) is 19.7. The van der Waals surface area contributed by atoms with Crippen LogP contribution in [0.3, 0.4) is 0 Å². The fourth-order valence-corrected chi connectivity index (χ4v) is 10.1. The maximum Gasteiger partial charge on any atom is 0.308 e. The van der Waals surface area contributed by atoms with Gasteiger partial charge in [-0.05, 0) is 111 Å². The van der Waals surface area contributed by atoms with Crippen LogP contribution < -0.4 is 0 Å². The Bertz CT molecular complexity index is 2070. The van der Waals surface area contributed by atoms with Gasteiger partial charge in [0.25, 0.3) is 0 Å². The molecular formula is C51H77N7O8. The van der Waals surface area contributed by atoms with Gasteiger partial charge in [0, 0.05) is 36.2 Å². The van der Waals surface area contributed by atoms with Gasteiger partial charge in [0.15, 0.2) is 12.1 Å². The van der Waals surface area contributed by atoms with E-state index in [1.807, 2.05) is 77.3 Å². The zero-order valence-electron chi connectivity index (χ0n) is 40.6. The molecule has 3 aliphatic heterocycles. The number of aromatic nitrogens is 4. The molecule has 2 aromatic heterocycles. The van der Waals surface area contributed by atoms with Gasteiger partial charge in [0.2, 0.25) is 0 Å². The molecule has 0 aliphatic carbocycles. The summed E-state index contributed by atoms with van der Waals surface area (Å²) in [4.78, 5) is 39.0. The Kier molecular flexibility index (Phi) is 19.0. The number of ether oxygens (including phenoxy) is 3. The van der Waals surface area contributed by atoms with Crippen LogP contribution in [-0.4, -0.2) is 158 Å². The smallest absolute Gasteiger partial charge is 0.308 e. The molecule has 15 heteroatoms. The Hall–Kier alpha value is -3.93. The Labute approximate surface area is 392 Å². The van der Waals surface area contributed by atoms with Gasteiger partial charge < -0.3 is 44.2 Å². The molecule has 15 nitrogen and oxygen atoms in total. The van der Waals surface area contributed by atoms with E-state index in [9.17, 15) is 24.9 Å². The minimum absolute atomic E-state index is 0.0305. The lowest BCUT2D eigenvalue weighted by molar-refractivity contribution is -0.304. The van der Waals surface area contributed by atoms with E-state index in [-0.39, 0.29) is 24.0 Å². The van der Waals surface area contributed by atoms with Crippen LogP contribution in [-0.2, 0) is 30.3 Å². The number of carbonyl (C=O) groups excluding carboxylic acids is 2. The minimum atomic E-state index is -1.24. The van der Waals surface area contributed by atoms with Gasteiger partial charge in [0.05, 0.1) is 66.2 Å².